The fraction of sp³-hybridized carbons (Fsp3) is 0.952. The Morgan fingerprint density at radius 2 is 1.13 bits per heavy atom. The van der Waals surface area contributed by atoms with Gasteiger partial charge in [-0.05, 0) is 12.3 Å². The van der Waals surface area contributed by atoms with Gasteiger partial charge in [0.05, 0.1) is 0 Å². The Morgan fingerprint density at radius 3 is 1.61 bits per heavy atom. The molecule has 1 N–H and O–H groups in total. The molecule has 1 atom stereocenters. The fourth-order valence-corrected chi connectivity index (χ4v) is 3.47. The third-order valence-corrected chi connectivity index (χ3v) is 4.92. The molecule has 0 saturated heterocycles. The maximum atomic E-state index is 10.4. The van der Waals surface area contributed by atoms with Crippen LogP contribution in [0.25, 0.3) is 0 Å². The molecule has 0 aromatic carbocycles. The summed E-state index contributed by atoms with van der Waals surface area (Å²) in [5.41, 5.74) is 0. The molecule has 0 aliphatic carbocycles. The summed E-state index contributed by atoms with van der Waals surface area (Å²) < 4.78 is 0. The van der Waals surface area contributed by atoms with E-state index in [1.165, 1.54) is 89.9 Å². The molecule has 0 radical (unpaired) electrons. The molecule has 0 aliphatic heterocycles. The standard InChI is InChI=1S/C21H42O2/c1-3-5-6-7-8-10-13-17-20(16-4-2)18-14-11-9-12-15-19-21(22)23/h20H,3-19H2,1-2H3,(H,22,23). The van der Waals surface area contributed by atoms with Crippen LogP contribution in [0, 0.1) is 5.92 Å². The van der Waals surface area contributed by atoms with Crippen LogP contribution in [0.15, 0.2) is 0 Å². The quantitative estimate of drug-likeness (QED) is 0.267. The van der Waals surface area contributed by atoms with Gasteiger partial charge in [0.1, 0.15) is 0 Å². The summed E-state index contributed by atoms with van der Waals surface area (Å²) in [5, 5.41) is 8.61. The summed E-state index contributed by atoms with van der Waals surface area (Å²) in [6.45, 7) is 4.59. The van der Waals surface area contributed by atoms with Crippen molar-refractivity contribution in [3.05, 3.63) is 0 Å². The van der Waals surface area contributed by atoms with Crippen LogP contribution < -0.4 is 0 Å². The lowest BCUT2D eigenvalue weighted by Crippen LogP contribution is -2.01. The van der Waals surface area contributed by atoms with Gasteiger partial charge in [-0.25, -0.2) is 0 Å². The second kappa shape index (κ2) is 17.8. The molecule has 23 heavy (non-hydrogen) atoms. The van der Waals surface area contributed by atoms with E-state index in [9.17, 15) is 4.79 Å². The van der Waals surface area contributed by atoms with E-state index < -0.39 is 5.97 Å². The summed E-state index contributed by atoms with van der Waals surface area (Å²) in [5.74, 6) is 0.289. The van der Waals surface area contributed by atoms with Crippen LogP contribution in [0.4, 0.5) is 0 Å². The van der Waals surface area contributed by atoms with Gasteiger partial charge in [-0.3, -0.25) is 4.79 Å². The summed E-state index contributed by atoms with van der Waals surface area (Å²) in [6, 6.07) is 0. The molecule has 0 aromatic heterocycles. The van der Waals surface area contributed by atoms with E-state index in [1.807, 2.05) is 0 Å². The highest BCUT2D eigenvalue weighted by atomic mass is 16.4. The van der Waals surface area contributed by atoms with Crippen molar-refractivity contribution in [3.8, 4) is 0 Å². The molecule has 0 aromatic rings. The van der Waals surface area contributed by atoms with E-state index >= 15 is 0 Å². The topological polar surface area (TPSA) is 37.3 Å². The summed E-state index contributed by atoms with van der Waals surface area (Å²) in [7, 11) is 0. The maximum Gasteiger partial charge on any atom is 0.303 e. The lowest BCUT2D eigenvalue weighted by molar-refractivity contribution is -0.137. The molecule has 1 unspecified atom stereocenters. The predicted octanol–water partition coefficient (Wildman–Crippen LogP) is 7.36. The summed E-state index contributed by atoms with van der Waals surface area (Å²) in [4.78, 5) is 10.4. The van der Waals surface area contributed by atoms with E-state index in [1.54, 1.807) is 0 Å². The molecule has 0 heterocycles. The highest BCUT2D eigenvalue weighted by Crippen LogP contribution is 2.23. The molecule has 0 saturated carbocycles. The molecule has 0 amide bonds. The normalized spacial score (nSPS) is 12.4. The lowest BCUT2D eigenvalue weighted by atomic mass is 9.90. The maximum absolute atomic E-state index is 10.4. The number of carboxylic acids is 1. The van der Waals surface area contributed by atoms with Gasteiger partial charge in [-0.1, -0.05) is 110 Å². The van der Waals surface area contributed by atoms with Crippen molar-refractivity contribution in [3.63, 3.8) is 0 Å². The first-order valence-corrected chi connectivity index (χ1v) is 10.4. The van der Waals surface area contributed by atoms with Crippen LogP contribution in [0.5, 0.6) is 0 Å². The Hall–Kier alpha value is -0.530. The van der Waals surface area contributed by atoms with Gasteiger partial charge in [0, 0.05) is 6.42 Å². The zero-order chi connectivity index (χ0) is 17.2. The SMILES string of the molecule is CCCCCCCCCC(CCC)CCCCCCCC(=O)O. The van der Waals surface area contributed by atoms with Gasteiger partial charge >= 0.3 is 5.97 Å². The molecule has 0 fully saturated rings. The van der Waals surface area contributed by atoms with Gasteiger partial charge in [0.25, 0.3) is 0 Å². The minimum absolute atomic E-state index is 0.344. The van der Waals surface area contributed by atoms with E-state index in [-0.39, 0.29) is 0 Å². The van der Waals surface area contributed by atoms with Crippen molar-refractivity contribution in [1.29, 1.82) is 0 Å². The zero-order valence-corrected chi connectivity index (χ0v) is 16.0. The lowest BCUT2D eigenvalue weighted by Gasteiger charge is -2.16. The monoisotopic (exact) mass is 326 g/mol. The molecule has 0 aliphatic rings. The van der Waals surface area contributed by atoms with Crippen LogP contribution >= 0.6 is 0 Å². The third kappa shape index (κ3) is 17.7. The van der Waals surface area contributed by atoms with Gasteiger partial charge in [0.15, 0.2) is 0 Å². The average molecular weight is 327 g/mol. The highest BCUT2D eigenvalue weighted by molar-refractivity contribution is 5.66. The largest absolute Gasteiger partial charge is 0.481 e. The minimum atomic E-state index is -0.650. The number of hydrogen-bond donors (Lipinski definition) is 1. The van der Waals surface area contributed by atoms with Crippen LogP contribution in [-0.4, -0.2) is 11.1 Å². The van der Waals surface area contributed by atoms with E-state index in [2.05, 4.69) is 13.8 Å². The Bertz CT molecular complexity index is 250. The molecule has 2 heteroatoms. The molecule has 2 nitrogen and oxygen atoms in total. The van der Waals surface area contributed by atoms with Gasteiger partial charge in [0.2, 0.25) is 0 Å². The molecular formula is C21H42O2. The smallest absolute Gasteiger partial charge is 0.303 e. The number of aliphatic carboxylic acids is 1. The Morgan fingerprint density at radius 1 is 0.652 bits per heavy atom. The van der Waals surface area contributed by atoms with Crippen molar-refractivity contribution >= 4 is 5.97 Å². The highest BCUT2D eigenvalue weighted by Gasteiger charge is 2.07. The molecule has 0 spiro atoms. The van der Waals surface area contributed by atoms with Crippen LogP contribution in [0.2, 0.25) is 0 Å². The first-order chi connectivity index (χ1) is 11.2. The summed E-state index contributed by atoms with van der Waals surface area (Å²) >= 11 is 0. The molecule has 138 valence electrons. The molecular weight excluding hydrogens is 284 g/mol. The van der Waals surface area contributed by atoms with Gasteiger partial charge < -0.3 is 5.11 Å². The molecule has 0 rings (SSSR count). The number of carbonyl (C=O) groups is 1. The second-order valence-electron chi connectivity index (χ2n) is 7.26. The van der Waals surface area contributed by atoms with Crippen molar-refractivity contribution < 1.29 is 9.90 Å². The van der Waals surface area contributed by atoms with E-state index in [0.717, 1.165) is 18.8 Å². The summed E-state index contributed by atoms with van der Waals surface area (Å²) in [6.07, 6.45) is 21.6. The van der Waals surface area contributed by atoms with Gasteiger partial charge in [-0.15, -0.1) is 0 Å². The van der Waals surface area contributed by atoms with Crippen molar-refractivity contribution in [2.45, 2.75) is 123 Å². The number of carboxylic acid groups (broad SMARTS) is 1. The van der Waals surface area contributed by atoms with Crippen molar-refractivity contribution in [2.75, 3.05) is 0 Å². The minimum Gasteiger partial charge on any atom is -0.481 e. The van der Waals surface area contributed by atoms with Crippen LogP contribution in [-0.2, 0) is 4.79 Å². The number of hydrogen-bond acceptors (Lipinski definition) is 1. The number of unbranched alkanes of at least 4 members (excludes halogenated alkanes) is 10. The Balaban J connectivity index is 3.48. The van der Waals surface area contributed by atoms with E-state index in [0.29, 0.717) is 6.42 Å². The zero-order valence-electron chi connectivity index (χ0n) is 16.0. The average Bonchev–Trinajstić information content (AvgIpc) is 2.52. The predicted molar refractivity (Wildman–Crippen MR) is 101 cm³/mol. The fourth-order valence-electron chi connectivity index (χ4n) is 3.47. The van der Waals surface area contributed by atoms with Gasteiger partial charge in [-0.2, -0.15) is 0 Å². The van der Waals surface area contributed by atoms with Crippen molar-refractivity contribution in [1.82, 2.24) is 0 Å². The molecule has 0 bridgehead atoms. The first kappa shape index (κ1) is 22.5. The van der Waals surface area contributed by atoms with E-state index in [4.69, 9.17) is 5.11 Å². The van der Waals surface area contributed by atoms with Crippen molar-refractivity contribution in [2.24, 2.45) is 5.92 Å². The third-order valence-electron chi connectivity index (χ3n) is 4.92. The Kier molecular flexibility index (Phi) is 17.4. The number of rotatable bonds is 18. The second-order valence-corrected chi connectivity index (χ2v) is 7.26. The van der Waals surface area contributed by atoms with Crippen LogP contribution in [0.1, 0.15) is 123 Å². The Labute approximate surface area is 145 Å². The first-order valence-electron chi connectivity index (χ1n) is 10.4. The van der Waals surface area contributed by atoms with Crippen LogP contribution in [0.3, 0.4) is 0 Å².